The summed E-state index contributed by atoms with van der Waals surface area (Å²) in [5, 5.41) is 5.95. The minimum Gasteiger partial charge on any atom is -0.373 e. The maximum Gasteiger partial charge on any atom is 0.270 e. The Bertz CT molecular complexity index is 463. The quantitative estimate of drug-likeness (QED) is 0.841. The molecule has 1 aromatic rings. The zero-order valence-electron chi connectivity index (χ0n) is 10.3. The molecule has 5 heteroatoms. The van der Waals surface area contributed by atoms with Crippen LogP contribution in [0.2, 0.25) is 0 Å². The van der Waals surface area contributed by atoms with Gasteiger partial charge in [-0.2, -0.15) is 0 Å². The minimum atomic E-state index is -0.117. The Morgan fingerprint density at radius 1 is 1.44 bits per heavy atom. The second kappa shape index (κ2) is 4.57. The van der Waals surface area contributed by atoms with Crippen LogP contribution in [0.25, 0.3) is 0 Å². The summed E-state index contributed by atoms with van der Waals surface area (Å²) in [4.78, 5) is 16.3. The summed E-state index contributed by atoms with van der Waals surface area (Å²) < 4.78 is 5.72. The van der Waals surface area contributed by atoms with Crippen molar-refractivity contribution < 1.29 is 9.53 Å². The molecule has 2 saturated heterocycles. The third kappa shape index (κ3) is 2.06. The predicted molar refractivity (Wildman–Crippen MR) is 67.5 cm³/mol. The molecule has 0 spiro atoms. The van der Waals surface area contributed by atoms with Crippen LogP contribution in [0, 0.1) is 0 Å². The molecule has 2 N–H and O–H groups in total. The molecule has 3 atom stereocenters. The molecule has 18 heavy (non-hydrogen) atoms. The molecular formula is C13H17N3O2. The van der Waals surface area contributed by atoms with E-state index in [1.54, 1.807) is 13.1 Å². The molecule has 0 radical (unpaired) electrons. The smallest absolute Gasteiger partial charge is 0.270 e. The van der Waals surface area contributed by atoms with Gasteiger partial charge in [0, 0.05) is 7.05 Å². The number of fused-ring (bicyclic) bond motifs is 2. The number of ether oxygens (including phenoxy) is 1. The summed E-state index contributed by atoms with van der Waals surface area (Å²) >= 11 is 0. The lowest BCUT2D eigenvalue weighted by molar-refractivity contribution is 0.0837. The molecule has 0 saturated carbocycles. The third-order valence-electron chi connectivity index (χ3n) is 3.66. The highest BCUT2D eigenvalue weighted by molar-refractivity contribution is 5.92. The first-order chi connectivity index (χ1) is 8.76. The highest BCUT2D eigenvalue weighted by atomic mass is 16.5. The lowest BCUT2D eigenvalue weighted by Crippen LogP contribution is -2.41. The summed E-state index contributed by atoms with van der Waals surface area (Å²) in [5.41, 5.74) is 0.449. The van der Waals surface area contributed by atoms with Crippen LogP contribution in [0.5, 0.6) is 0 Å². The van der Waals surface area contributed by atoms with Crippen molar-refractivity contribution >= 4 is 11.7 Å². The fourth-order valence-corrected chi connectivity index (χ4v) is 2.73. The number of nitrogens with one attached hydrogen (secondary N) is 2. The number of carbonyl (C=O) groups is 1. The average molecular weight is 247 g/mol. The fraction of sp³-hybridized carbons (Fsp3) is 0.538. The number of hydrogen-bond donors (Lipinski definition) is 2. The average Bonchev–Trinajstić information content (AvgIpc) is 3.01. The molecule has 2 fully saturated rings. The van der Waals surface area contributed by atoms with Crippen LogP contribution < -0.4 is 10.6 Å². The SMILES string of the molecule is CNc1cccc(C(=O)NC2CC3CCC2O3)n1. The van der Waals surface area contributed by atoms with E-state index in [-0.39, 0.29) is 18.1 Å². The van der Waals surface area contributed by atoms with Gasteiger partial charge in [0.15, 0.2) is 0 Å². The monoisotopic (exact) mass is 247 g/mol. The van der Waals surface area contributed by atoms with Gasteiger partial charge in [0.1, 0.15) is 11.5 Å². The number of hydrogen-bond acceptors (Lipinski definition) is 4. The second-order valence-electron chi connectivity index (χ2n) is 4.85. The highest BCUT2D eigenvalue weighted by Gasteiger charge is 2.41. The maximum absolute atomic E-state index is 12.1. The number of nitrogens with zero attached hydrogens (tertiary/aromatic N) is 1. The Balaban J connectivity index is 1.67. The van der Waals surface area contributed by atoms with E-state index in [1.807, 2.05) is 12.1 Å². The van der Waals surface area contributed by atoms with Crippen LogP contribution in [0.15, 0.2) is 18.2 Å². The lowest BCUT2D eigenvalue weighted by Gasteiger charge is -2.19. The van der Waals surface area contributed by atoms with Crippen molar-refractivity contribution in [1.82, 2.24) is 10.3 Å². The molecule has 1 aromatic heterocycles. The van der Waals surface area contributed by atoms with Gasteiger partial charge in [0.2, 0.25) is 0 Å². The standard InChI is InChI=1S/C13H17N3O2/c1-14-12-4-2-3-9(15-12)13(17)16-10-7-8-5-6-11(10)18-8/h2-4,8,10-11H,5-7H2,1H3,(H,14,15)(H,16,17). The first-order valence-electron chi connectivity index (χ1n) is 6.37. The van der Waals surface area contributed by atoms with Gasteiger partial charge in [-0.1, -0.05) is 6.07 Å². The number of pyridine rings is 1. The Morgan fingerprint density at radius 3 is 3.00 bits per heavy atom. The molecule has 5 nitrogen and oxygen atoms in total. The van der Waals surface area contributed by atoms with E-state index in [1.165, 1.54) is 0 Å². The van der Waals surface area contributed by atoms with E-state index in [0.717, 1.165) is 19.3 Å². The summed E-state index contributed by atoms with van der Waals surface area (Å²) in [7, 11) is 1.79. The number of rotatable bonds is 3. The molecule has 3 rings (SSSR count). The molecule has 3 unspecified atom stereocenters. The molecule has 2 aliphatic rings. The molecule has 0 aromatic carbocycles. The van der Waals surface area contributed by atoms with Crippen LogP contribution in [-0.2, 0) is 4.74 Å². The van der Waals surface area contributed by atoms with Gasteiger partial charge in [-0.3, -0.25) is 4.79 Å². The van der Waals surface area contributed by atoms with Crippen molar-refractivity contribution in [2.45, 2.75) is 37.5 Å². The molecular weight excluding hydrogens is 230 g/mol. The molecule has 1 amide bonds. The molecule has 2 bridgehead atoms. The number of amides is 1. The fourth-order valence-electron chi connectivity index (χ4n) is 2.73. The summed E-state index contributed by atoms with van der Waals surface area (Å²) in [6.07, 6.45) is 3.66. The van der Waals surface area contributed by atoms with Crippen LogP contribution in [0.1, 0.15) is 29.8 Å². The van der Waals surface area contributed by atoms with E-state index in [9.17, 15) is 4.79 Å². The second-order valence-corrected chi connectivity index (χ2v) is 4.85. The minimum absolute atomic E-state index is 0.117. The van der Waals surface area contributed by atoms with Gasteiger partial charge < -0.3 is 15.4 Å². The number of carbonyl (C=O) groups excluding carboxylic acids is 1. The molecule has 3 heterocycles. The van der Waals surface area contributed by atoms with E-state index in [2.05, 4.69) is 15.6 Å². The molecule has 2 aliphatic heterocycles. The summed E-state index contributed by atoms with van der Waals surface area (Å²) in [5.74, 6) is 0.583. The summed E-state index contributed by atoms with van der Waals surface area (Å²) in [6.45, 7) is 0. The van der Waals surface area contributed by atoms with Crippen LogP contribution in [-0.4, -0.2) is 36.2 Å². The van der Waals surface area contributed by atoms with Gasteiger partial charge in [-0.25, -0.2) is 4.98 Å². The Labute approximate surface area is 106 Å². The largest absolute Gasteiger partial charge is 0.373 e. The van der Waals surface area contributed by atoms with Crippen LogP contribution in [0.3, 0.4) is 0 Å². The molecule has 0 aliphatic carbocycles. The van der Waals surface area contributed by atoms with Gasteiger partial charge in [0.25, 0.3) is 5.91 Å². The first-order valence-corrected chi connectivity index (χ1v) is 6.37. The normalized spacial score (nSPS) is 29.3. The van der Waals surface area contributed by atoms with Gasteiger partial charge in [0.05, 0.1) is 18.2 Å². The van der Waals surface area contributed by atoms with Crippen LogP contribution >= 0.6 is 0 Å². The maximum atomic E-state index is 12.1. The van der Waals surface area contributed by atoms with Gasteiger partial charge >= 0.3 is 0 Å². The Hall–Kier alpha value is -1.62. The van der Waals surface area contributed by atoms with E-state index >= 15 is 0 Å². The van der Waals surface area contributed by atoms with Gasteiger partial charge in [-0.05, 0) is 31.4 Å². The van der Waals surface area contributed by atoms with Crippen molar-refractivity contribution in [3.8, 4) is 0 Å². The zero-order chi connectivity index (χ0) is 12.5. The predicted octanol–water partition coefficient (Wildman–Crippen LogP) is 1.17. The first kappa shape index (κ1) is 11.5. The number of aromatic nitrogens is 1. The van der Waals surface area contributed by atoms with Gasteiger partial charge in [-0.15, -0.1) is 0 Å². The van der Waals surface area contributed by atoms with Crippen molar-refractivity contribution in [3.63, 3.8) is 0 Å². The summed E-state index contributed by atoms with van der Waals surface area (Å²) in [6, 6.07) is 5.53. The zero-order valence-corrected chi connectivity index (χ0v) is 10.3. The van der Waals surface area contributed by atoms with E-state index in [4.69, 9.17) is 4.74 Å². The van der Waals surface area contributed by atoms with Crippen molar-refractivity contribution in [2.24, 2.45) is 0 Å². The van der Waals surface area contributed by atoms with E-state index < -0.39 is 0 Å². The Morgan fingerprint density at radius 2 is 2.33 bits per heavy atom. The number of anilines is 1. The van der Waals surface area contributed by atoms with Crippen molar-refractivity contribution in [2.75, 3.05) is 12.4 Å². The topological polar surface area (TPSA) is 63.2 Å². The molecule has 96 valence electrons. The van der Waals surface area contributed by atoms with E-state index in [0.29, 0.717) is 17.6 Å². The third-order valence-corrected chi connectivity index (χ3v) is 3.66. The lowest BCUT2D eigenvalue weighted by atomic mass is 9.95. The van der Waals surface area contributed by atoms with Crippen molar-refractivity contribution in [3.05, 3.63) is 23.9 Å². The Kier molecular flexibility index (Phi) is 2.91. The highest BCUT2D eigenvalue weighted by Crippen LogP contribution is 2.34. The van der Waals surface area contributed by atoms with Crippen molar-refractivity contribution in [1.29, 1.82) is 0 Å². The van der Waals surface area contributed by atoms with Crippen LogP contribution in [0.4, 0.5) is 5.82 Å².